The Labute approximate surface area is 128 Å². The summed E-state index contributed by atoms with van der Waals surface area (Å²) < 4.78 is 13.8. The lowest BCUT2D eigenvalue weighted by Gasteiger charge is -2.37. The van der Waals surface area contributed by atoms with Crippen LogP contribution in [-0.4, -0.2) is 17.5 Å². The van der Waals surface area contributed by atoms with E-state index in [2.05, 4.69) is 5.32 Å². The van der Waals surface area contributed by atoms with Crippen molar-refractivity contribution in [3.63, 3.8) is 0 Å². The third kappa shape index (κ3) is 1.44. The average Bonchev–Trinajstić information content (AvgIpc) is 2.74. The first kappa shape index (κ1) is 14.9. The van der Waals surface area contributed by atoms with Crippen LogP contribution in [0, 0.1) is 22.1 Å². The first-order valence-corrected chi connectivity index (χ1v) is 7.34. The van der Waals surface area contributed by atoms with Crippen LogP contribution >= 0.6 is 0 Å². The molecule has 5 heteroatoms. The van der Waals surface area contributed by atoms with Crippen LogP contribution in [0.3, 0.4) is 0 Å². The smallest absolute Gasteiger partial charge is 0.239 e. The third-order valence-electron chi connectivity index (χ3n) is 6.05. The highest BCUT2D eigenvalue weighted by Crippen LogP contribution is 2.69. The molecule has 0 heterocycles. The molecule has 1 amide bonds. The van der Waals surface area contributed by atoms with E-state index in [0.717, 1.165) is 0 Å². The van der Waals surface area contributed by atoms with Crippen LogP contribution in [0.1, 0.15) is 33.6 Å². The molecule has 2 fully saturated rings. The predicted octanol–water partition coefficient (Wildman–Crippen LogP) is 2.73. The van der Waals surface area contributed by atoms with E-state index in [1.165, 1.54) is 18.2 Å². The van der Waals surface area contributed by atoms with E-state index in [1.54, 1.807) is 26.8 Å². The molecule has 4 nitrogen and oxygen atoms in total. The minimum atomic E-state index is -1.40. The maximum absolute atomic E-state index is 13.8. The molecule has 0 aromatic heterocycles. The van der Waals surface area contributed by atoms with Gasteiger partial charge in [-0.2, -0.15) is 0 Å². The van der Waals surface area contributed by atoms with Crippen LogP contribution in [0.25, 0.3) is 0 Å². The van der Waals surface area contributed by atoms with Crippen molar-refractivity contribution >= 4 is 23.2 Å². The van der Waals surface area contributed by atoms with Crippen LogP contribution in [0.15, 0.2) is 24.3 Å². The van der Waals surface area contributed by atoms with Crippen molar-refractivity contribution in [1.82, 2.24) is 0 Å². The molecule has 116 valence electrons. The summed E-state index contributed by atoms with van der Waals surface area (Å²) in [4.78, 5) is 37.7. The number of Topliss-reactive ketones (excluding diaryl/α,β-unsaturated/α-hetero) is 2. The standard InChI is InChI=1S/C17H18FNO3/c1-15(2)16(3)8-9-17(15,13(21)12(16)20)14(22)19-11-7-5-4-6-10(11)18/h4-7H,8-9H2,1-3H3,(H,19,22)/t16-,17-/m0/s1. The molecule has 2 aliphatic carbocycles. The van der Waals surface area contributed by atoms with Gasteiger partial charge in [0.2, 0.25) is 17.5 Å². The fourth-order valence-electron chi connectivity index (χ4n) is 4.06. The van der Waals surface area contributed by atoms with Gasteiger partial charge in [0.1, 0.15) is 11.2 Å². The number of hydrogen-bond acceptors (Lipinski definition) is 3. The second-order valence-electron chi connectivity index (χ2n) is 6.95. The largest absolute Gasteiger partial charge is 0.323 e. The Bertz CT molecular complexity index is 712. The summed E-state index contributed by atoms with van der Waals surface area (Å²) in [5.41, 5.74) is -2.99. The number of carbonyl (C=O) groups excluding carboxylic acids is 3. The summed E-state index contributed by atoms with van der Waals surface area (Å²) in [6.45, 7) is 5.31. The normalized spacial score (nSPS) is 32.4. The van der Waals surface area contributed by atoms with E-state index in [-0.39, 0.29) is 5.69 Å². The Morgan fingerprint density at radius 1 is 1.09 bits per heavy atom. The maximum Gasteiger partial charge on any atom is 0.239 e. The van der Waals surface area contributed by atoms with E-state index in [0.29, 0.717) is 12.8 Å². The molecule has 0 saturated heterocycles. The molecule has 2 aliphatic rings. The van der Waals surface area contributed by atoms with Gasteiger partial charge in [0.25, 0.3) is 0 Å². The van der Waals surface area contributed by atoms with E-state index in [9.17, 15) is 18.8 Å². The SMILES string of the molecule is CC1(C)[C@@]2(C(=O)Nc3ccccc3F)CC[C@@]1(C)C(=O)C2=O. The van der Waals surface area contributed by atoms with Gasteiger partial charge in [-0.05, 0) is 30.4 Å². The molecule has 2 atom stereocenters. The van der Waals surface area contributed by atoms with Gasteiger partial charge in [0.05, 0.1) is 5.69 Å². The van der Waals surface area contributed by atoms with Crippen LogP contribution in [0.5, 0.6) is 0 Å². The number of amides is 1. The van der Waals surface area contributed by atoms with Gasteiger partial charge in [-0.1, -0.05) is 32.9 Å². The summed E-state index contributed by atoms with van der Waals surface area (Å²) in [5.74, 6) is -2.27. The van der Waals surface area contributed by atoms with Crippen molar-refractivity contribution in [3.05, 3.63) is 30.1 Å². The fourth-order valence-corrected chi connectivity index (χ4v) is 4.06. The number of ketones is 2. The van der Waals surface area contributed by atoms with E-state index in [1.807, 2.05) is 0 Å². The zero-order valence-electron chi connectivity index (χ0n) is 12.8. The van der Waals surface area contributed by atoms with Crippen molar-refractivity contribution < 1.29 is 18.8 Å². The molecule has 3 rings (SSSR count). The summed E-state index contributed by atoms with van der Waals surface area (Å²) in [7, 11) is 0. The minimum absolute atomic E-state index is 0.0263. The Balaban J connectivity index is 2.04. The van der Waals surface area contributed by atoms with Gasteiger partial charge in [-0.25, -0.2) is 4.39 Å². The molecule has 1 N–H and O–H groups in total. The molecule has 0 unspecified atom stereocenters. The molecule has 2 saturated carbocycles. The Hall–Kier alpha value is -2.04. The van der Waals surface area contributed by atoms with Crippen molar-refractivity contribution in [2.75, 3.05) is 5.32 Å². The van der Waals surface area contributed by atoms with Crippen molar-refractivity contribution in [2.45, 2.75) is 33.6 Å². The summed E-state index contributed by atoms with van der Waals surface area (Å²) in [5, 5.41) is 2.51. The van der Waals surface area contributed by atoms with Crippen molar-refractivity contribution in [3.8, 4) is 0 Å². The molecule has 1 aromatic rings. The number of anilines is 1. The van der Waals surface area contributed by atoms with E-state index < -0.39 is 39.5 Å². The van der Waals surface area contributed by atoms with Crippen molar-refractivity contribution in [2.24, 2.45) is 16.2 Å². The van der Waals surface area contributed by atoms with Gasteiger partial charge in [-0.3, -0.25) is 14.4 Å². The Kier molecular flexibility index (Phi) is 2.87. The molecule has 0 radical (unpaired) electrons. The third-order valence-corrected chi connectivity index (χ3v) is 6.05. The minimum Gasteiger partial charge on any atom is -0.323 e. The second kappa shape index (κ2) is 4.24. The average molecular weight is 303 g/mol. The van der Waals surface area contributed by atoms with Crippen LogP contribution in [0.4, 0.5) is 10.1 Å². The van der Waals surface area contributed by atoms with Gasteiger partial charge < -0.3 is 5.32 Å². The molecule has 2 bridgehead atoms. The highest BCUT2D eigenvalue weighted by Gasteiger charge is 2.77. The molecular formula is C17H18FNO3. The summed E-state index contributed by atoms with van der Waals surface area (Å²) in [6.07, 6.45) is 0.816. The topological polar surface area (TPSA) is 63.2 Å². The maximum atomic E-state index is 13.8. The monoisotopic (exact) mass is 303 g/mol. The first-order valence-electron chi connectivity index (χ1n) is 7.34. The lowest BCUT2D eigenvalue weighted by molar-refractivity contribution is -0.147. The lowest BCUT2D eigenvalue weighted by atomic mass is 9.64. The number of benzene rings is 1. The number of carbonyl (C=O) groups is 3. The molecular weight excluding hydrogens is 285 g/mol. The van der Waals surface area contributed by atoms with Gasteiger partial charge in [-0.15, -0.1) is 0 Å². The number of para-hydroxylation sites is 1. The van der Waals surface area contributed by atoms with Crippen molar-refractivity contribution in [1.29, 1.82) is 0 Å². The summed E-state index contributed by atoms with van der Waals surface area (Å²) >= 11 is 0. The highest BCUT2D eigenvalue weighted by atomic mass is 19.1. The van der Waals surface area contributed by atoms with E-state index in [4.69, 9.17) is 0 Å². The number of nitrogens with one attached hydrogen (secondary N) is 1. The van der Waals surface area contributed by atoms with E-state index >= 15 is 0 Å². The number of fused-ring (bicyclic) bond motifs is 2. The van der Waals surface area contributed by atoms with Crippen LogP contribution in [-0.2, 0) is 14.4 Å². The van der Waals surface area contributed by atoms with Gasteiger partial charge in [0.15, 0.2) is 0 Å². The quantitative estimate of drug-likeness (QED) is 0.675. The number of hydrogen-bond donors (Lipinski definition) is 1. The Morgan fingerprint density at radius 3 is 2.27 bits per heavy atom. The lowest BCUT2D eigenvalue weighted by Crippen LogP contribution is -2.47. The zero-order chi connectivity index (χ0) is 16.3. The molecule has 1 aromatic carbocycles. The number of rotatable bonds is 2. The van der Waals surface area contributed by atoms with Gasteiger partial charge >= 0.3 is 0 Å². The van der Waals surface area contributed by atoms with Crippen LogP contribution < -0.4 is 5.32 Å². The highest BCUT2D eigenvalue weighted by molar-refractivity contribution is 6.49. The molecule has 0 aliphatic heterocycles. The summed E-state index contributed by atoms with van der Waals surface area (Å²) in [6, 6.07) is 5.79. The zero-order valence-corrected chi connectivity index (χ0v) is 12.8. The second-order valence-corrected chi connectivity index (χ2v) is 6.95. The molecule has 22 heavy (non-hydrogen) atoms. The fraction of sp³-hybridized carbons (Fsp3) is 0.471. The van der Waals surface area contributed by atoms with Crippen LogP contribution in [0.2, 0.25) is 0 Å². The molecule has 0 spiro atoms. The predicted molar refractivity (Wildman–Crippen MR) is 78.6 cm³/mol. The Morgan fingerprint density at radius 2 is 1.73 bits per heavy atom. The first-order chi connectivity index (χ1) is 10.2. The van der Waals surface area contributed by atoms with Gasteiger partial charge in [0, 0.05) is 5.41 Å². The number of halogens is 1.